The molecule has 0 saturated heterocycles. The van der Waals surface area contributed by atoms with E-state index in [0.717, 1.165) is 35.0 Å². The van der Waals surface area contributed by atoms with Crippen LogP contribution in [0.3, 0.4) is 0 Å². The first-order chi connectivity index (χ1) is 13.0. The molecule has 1 aromatic carbocycles. The summed E-state index contributed by atoms with van der Waals surface area (Å²) in [6, 6.07) is 7.82. The largest absolute Gasteiger partial charge is 0.354 e. The molecule has 27 heavy (non-hydrogen) atoms. The van der Waals surface area contributed by atoms with E-state index in [1.165, 1.54) is 0 Å². The number of benzene rings is 1. The van der Waals surface area contributed by atoms with Crippen LogP contribution in [0.1, 0.15) is 25.0 Å². The Balaban J connectivity index is 1.55. The minimum atomic E-state index is -0.323. The van der Waals surface area contributed by atoms with Crippen LogP contribution in [0, 0.1) is 6.92 Å². The van der Waals surface area contributed by atoms with Crippen LogP contribution in [-0.4, -0.2) is 51.8 Å². The van der Waals surface area contributed by atoms with Gasteiger partial charge in [0, 0.05) is 24.2 Å². The van der Waals surface area contributed by atoms with E-state index >= 15 is 0 Å². The van der Waals surface area contributed by atoms with Gasteiger partial charge in [0.25, 0.3) is 5.56 Å². The fourth-order valence-electron chi connectivity index (χ4n) is 3.86. The van der Waals surface area contributed by atoms with E-state index < -0.39 is 0 Å². The molecule has 2 heterocycles. The number of carbonyl (C=O) groups is 1. The molecule has 7 heteroatoms. The highest BCUT2D eigenvalue weighted by molar-refractivity contribution is 6.03. The fraction of sp³-hybridized carbons (Fsp3) is 0.450. The number of fused-ring (bicyclic) bond motifs is 3. The molecule has 0 spiro atoms. The van der Waals surface area contributed by atoms with E-state index in [-0.39, 0.29) is 17.0 Å². The van der Waals surface area contributed by atoms with Crippen LogP contribution in [-0.2, 0) is 11.3 Å². The molecule has 0 bridgehead atoms. The van der Waals surface area contributed by atoms with Crippen LogP contribution >= 0.6 is 0 Å². The van der Waals surface area contributed by atoms with Crippen LogP contribution in [0.4, 0.5) is 0 Å². The normalized spacial score (nSPS) is 15.6. The van der Waals surface area contributed by atoms with Gasteiger partial charge >= 0.3 is 0 Å². The minimum Gasteiger partial charge on any atom is -0.354 e. The maximum atomic E-state index is 13.0. The number of aromatic nitrogens is 3. The molecule has 4 rings (SSSR count). The standard InChI is InChI=1S/C20H25N5O2/c1-13-16-17(23-22-13)14-7-4-5-8-15(14)25(18(16)26)12-6-11-21-19(27)20(9-10-20)24(2)3/h4-5,7-8H,6,9-12H2,1-3H3,(H,21,27)(H,22,23). The molecule has 3 aromatic rings. The number of aromatic amines is 1. The quantitative estimate of drug-likeness (QED) is 0.651. The van der Waals surface area contributed by atoms with E-state index in [0.29, 0.717) is 24.9 Å². The van der Waals surface area contributed by atoms with Crippen LogP contribution in [0.25, 0.3) is 21.8 Å². The van der Waals surface area contributed by atoms with Gasteiger partial charge in [-0.15, -0.1) is 0 Å². The van der Waals surface area contributed by atoms with Crippen molar-refractivity contribution in [2.75, 3.05) is 20.6 Å². The van der Waals surface area contributed by atoms with Gasteiger partial charge in [0.2, 0.25) is 5.91 Å². The molecule has 2 aromatic heterocycles. The summed E-state index contributed by atoms with van der Waals surface area (Å²) in [6.45, 7) is 2.97. The third kappa shape index (κ3) is 2.82. The summed E-state index contributed by atoms with van der Waals surface area (Å²) in [5.41, 5.74) is 2.02. The van der Waals surface area contributed by atoms with Crippen LogP contribution in [0.2, 0.25) is 0 Å². The Morgan fingerprint density at radius 1 is 1.33 bits per heavy atom. The Morgan fingerprint density at radius 2 is 2.07 bits per heavy atom. The Morgan fingerprint density at radius 3 is 2.78 bits per heavy atom. The Labute approximate surface area is 157 Å². The topological polar surface area (TPSA) is 83.0 Å². The molecular weight excluding hydrogens is 342 g/mol. The highest BCUT2D eigenvalue weighted by atomic mass is 16.2. The molecular formula is C20H25N5O2. The van der Waals surface area contributed by atoms with Crippen molar-refractivity contribution in [1.29, 1.82) is 0 Å². The van der Waals surface area contributed by atoms with Crippen molar-refractivity contribution in [2.24, 2.45) is 0 Å². The maximum absolute atomic E-state index is 13.0. The third-order valence-electron chi connectivity index (χ3n) is 5.70. The predicted molar refractivity (Wildman–Crippen MR) is 106 cm³/mol. The molecule has 1 fully saturated rings. The number of aryl methyl sites for hydroxylation is 2. The summed E-state index contributed by atoms with van der Waals surface area (Å²) < 4.78 is 1.80. The molecule has 0 radical (unpaired) electrons. The molecule has 1 amide bonds. The number of pyridine rings is 1. The summed E-state index contributed by atoms with van der Waals surface area (Å²) in [4.78, 5) is 27.4. The second-order valence-electron chi connectivity index (χ2n) is 7.58. The fourth-order valence-corrected chi connectivity index (χ4v) is 3.86. The number of amides is 1. The first-order valence-electron chi connectivity index (χ1n) is 9.37. The van der Waals surface area contributed by atoms with Gasteiger partial charge in [-0.1, -0.05) is 18.2 Å². The van der Waals surface area contributed by atoms with E-state index in [4.69, 9.17) is 0 Å². The Kier molecular flexibility index (Phi) is 4.26. The zero-order valence-electron chi connectivity index (χ0n) is 16.0. The van der Waals surface area contributed by atoms with Gasteiger partial charge in [-0.3, -0.25) is 19.6 Å². The molecule has 1 aliphatic rings. The summed E-state index contributed by atoms with van der Waals surface area (Å²) >= 11 is 0. The van der Waals surface area contributed by atoms with Crippen molar-refractivity contribution < 1.29 is 4.79 Å². The summed E-state index contributed by atoms with van der Waals surface area (Å²) in [5, 5.41) is 11.9. The predicted octanol–water partition coefficient (Wildman–Crippen LogP) is 1.79. The lowest BCUT2D eigenvalue weighted by Gasteiger charge is -2.22. The number of nitrogens with zero attached hydrogens (tertiary/aromatic N) is 3. The average molecular weight is 367 g/mol. The van der Waals surface area contributed by atoms with Crippen molar-refractivity contribution in [3.05, 3.63) is 40.3 Å². The van der Waals surface area contributed by atoms with Crippen molar-refractivity contribution in [2.45, 2.75) is 38.3 Å². The van der Waals surface area contributed by atoms with E-state index in [2.05, 4.69) is 15.5 Å². The summed E-state index contributed by atoms with van der Waals surface area (Å²) in [5.74, 6) is 0.0887. The Hall–Kier alpha value is -2.67. The first kappa shape index (κ1) is 17.7. The number of para-hydroxylation sites is 1. The molecule has 0 aliphatic heterocycles. The number of hydrogen-bond acceptors (Lipinski definition) is 4. The number of hydrogen-bond donors (Lipinski definition) is 2. The zero-order chi connectivity index (χ0) is 19.2. The van der Waals surface area contributed by atoms with Gasteiger partial charge in [-0.2, -0.15) is 5.10 Å². The molecule has 2 N–H and O–H groups in total. The van der Waals surface area contributed by atoms with E-state index in [9.17, 15) is 9.59 Å². The summed E-state index contributed by atoms with van der Waals surface area (Å²) in [7, 11) is 3.89. The number of likely N-dealkylation sites (N-methyl/N-ethyl adjacent to an activating group) is 1. The second kappa shape index (κ2) is 6.49. The van der Waals surface area contributed by atoms with E-state index in [1.807, 2.05) is 50.2 Å². The molecule has 0 unspecified atom stereocenters. The number of rotatable bonds is 6. The highest BCUT2D eigenvalue weighted by Crippen LogP contribution is 2.40. The van der Waals surface area contributed by atoms with Gasteiger partial charge in [-0.25, -0.2) is 0 Å². The number of carbonyl (C=O) groups excluding carboxylic acids is 1. The van der Waals surface area contributed by atoms with Gasteiger partial charge in [0.15, 0.2) is 0 Å². The maximum Gasteiger partial charge on any atom is 0.262 e. The molecule has 1 aliphatic carbocycles. The van der Waals surface area contributed by atoms with Crippen molar-refractivity contribution in [1.82, 2.24) is 25.0 Å². The average Bonchev–Trinajstić information content (AvgIpc) is 3.38. The van der Waals surface area contributed by atoms with Crippen molar-refractivity contribution >= 4 is 27.7 Å². The lowest BCUT2D eigenvalue weighted by molar-refractivity contribution is -0.126. The minimum absolute atomic E-state index is 0.0340. The van der Waals surface area contributed by atoms with Crippen LogP contribution in [0.15, 0.2) is 29.1 Å². The van der Waals surface area contributed by atoms with Crippen LogP contribution in [0.5, 0.6) is 0 Å². The van der Waals surface area contributed by atoms with E-state index in [1.54, 1.807) is 4.57 Å². The van der Waals surface area contributed by atoms with Crippen molar-refractivity contribution in [3.63, 3.8) is 0 Å². The number of H-pyrrole nitrogens is 1. The van der Waals surface area contributed by atoms with Gasteiger partial charge < -0.3 is 9.88 Å². The van der Waals surface area contributed by atoms with Gasteiger partial charge in [0.05, 0.1) is 16.4 Å². The van der Waals surface area contributed by atoms with Gasteiger partial charge in [-0.05, 0) is 46.3 Å². The highest BCUT2D eigenvalue weighted by Gasteiger charge is 2.51. The Bertz CT molecular complexity index is 1080. The number of nitrogens with one attached hydrogen (secondary N) is 2. The molecule has 1 saturated carbocycles. The van der Waals surface area contributed by atoms with Crippen molar-refractivity contribution in [3.8, 4) is 0 Å². The third-order valence-corrected chi connectivity index (χ3v) is 5.70. The second-order valence-corrected chi connectivity index (χ2v) is 7.58. The molecule has 142 valence electrons. The van der Waals surface area contributed by atoms with Crippen LogP contribution < -0.4 is 10.9 Å². The monoisotopic (exact) mass is 367 g/mol. The smallest absolute Gasteiger partial charge is 0.262 e. The lowest BCUT2D eigenvalue weighted by atomic mass is 10.1. The zero-order valence-corrected chi connectivity index (χ0v) is 16.0. The van der Waals surface area contributed by atoms with Gasteiger partial charge in [0.1, 0.15) is 5.52 Å². The summed E-state index contributed by atoms with van der Waals surface area (Å²) in [6.07, 6.45) is 2.51. The first-order valence-corrected chi connectivity index (χ1v) is 9.37. The SMILES string of the molecule is Cc1[nH]nc2c1c(=O)n(CCCNC(=O)C1(N(C)C)CC1)c1ccccc21. The molecule has 7 nitrogen and oxygen atoms in total. The lowest BCUT2D eigenvalue weighted by Crippen LogP contribution is -2.46. The molecule has 0 atom stereocenters.